The number of anilines is 1. The maximum absolute atomic E-state index is 15.3. The molecule has 1 aliphatic carbocycles. The molecule has 4 heterocycles. The maximum Gasteiger partial charge on any atom is 0.254 e. The van der Waals surface area contributed by atoms with E-state index in [0.717, 1.165) is 57.4 Å². The van der Waals surface area contributed by atoms with Crippen molar-refractivity contribution in [2.45, 2.75) is 64.3 Å². The van der Waals surface area contributed by atoms with Crippen LogP contribution in [0, 0.1) is 5.82 Å². The Morgan fingerprint density at radius 2 is 2.17 bits per heavy atom. The van der Waals surface area contributed by atoms with Crippen LogP contribution in [-0.4, -0.2) is 45.5 Å². The van der Waals surface area contributed by atoms with E-state index in [9.17, 15) is 4.79 Å². The Kier molecular flexibility index (Phi) is 4.99. The number of hydrogen-bond donors (Lipinski definition) is 3. The van der Waals surface area contributed by atoms with Gasteiger partial charge in [-0.25, -0.2) is 9.37 Å². The van der Waals surface area contributed by atoms with Crippen LogP contribution in [0.2, 0.25) is 0 Å². The largest absolute Gasteiger partial charge is 0.363 e. The monoisotopic (exact) mass is 412 g/mol. The first-order chi connectivity index (χ1) is 14.5. The number of carbonyl (C=O) groups excluding carboxylic acids is 1. The Morgan fingerprint density at radius 1 is 1.33 bits per heavy atom. The van der Waals surface area contributed by atoms with Crippen molar-refractivity contribution in [2.75, 3.05) is 18.4 Å². The molecule has 2 aromatic rings. The van der Waals surface area contributed by atoms with E-state index in [1.165, 1.54) is 5.69 Å². The van der Waals surface area contributed by atoms with Gasteiger partial charge in [0.05, 0.1) is 11.3 Å². The van der Waals surface area contributed by atoms with E-state index in [1.807, 2.05) is 6.20 Å². The number of nitrogens with two attached hydrogens (primary N) is 1. The molecule has 2 unspecified atom stereocenters. The van der Waals surface area contributed by atoms with Crippen molar-refractivity contribution in [2.24, 2.45) is 5.73 Å². The van der Waals surface area contributed by atoms with Crippen molar-refractivity contribution < 1.29 is 9.18 Å². The van der Waals surface area contributed by atoms with Crippen LogP contribution in [0.15, 0.2) is 12.3 Å². The van der Waals surface area contributed by atoms with Gasteiger partial charge in [0.2, 0.25) is 0 Å². The van der Waals surface area contributed by atoms with Gasteiger partial charge in [-0.2, -0.15) is 0 Å². The average molecular weight is 413 g/mol. The summed E-state index contributed by atoms with van der Waals surface area (Å²) in [5.74, 6) is -0.486. The zero-order valence-electron chi connectivity index (χ0n) is 17.4. The Morgan fingerprint density at radius 3 is 2.97 bits per heavy atom. The second-order valence-corrected chi connectivity index (χ2v) is 8.64. The Labute approximate surface area is 175 Å². The first-order valence-electron chi connectivity index (χ1n) is 11.0. The number of fused-ring (bicyclic) bond motifs is 2. The molecular weight excluding hydrogens is 383 g/mol. The fourth-order valence-corrected chi connectivity index (χ4v) is 4.95. The summed E-state index contributed by atoms with van der Waals surface area (Å²) in [5, 5.41) is 6.03. The van der Waals surface area contributed by atoms with Crippen molar-refractivity contribution in [3.63, 3.8) is 0 Å². The molecule has 30 heavy (non-hydrogen) atoms. The van der Waals surface area contributed by atoms with Crippen molar-refractivity contribution in [1.29, 1.82) is 0 Å². The number of carbonyl (C=O) groups is 1. The van der Waals surface area contributed by atoms with Gasteiger partial charge >= 0.3 is 0 Å². The molecule has 1 fully saturated rings. The number of amides is 1. The zero-order valence-corrected chi connectivity index (χ0v) is 17.4. The number of nitrogens with zero attached hydrogens (tertiary/aromatic N) is 3. The lowest BCUT2D eigenvalue weighted by molar-refractivity contribution is 0.0966. The van der Waals surface area contributed by atoms with Crippen molar-refractivity contribution in [1.82, 2.24) is 19.8 Å². The Balaban J connectivity index is 1.56. The van der Waals surface area contributed by atoms with E-state index in [2.05, 4.69) is 38.1 Å². The summed E-state index contributed by atoms with van der Waals surface area (Å²) < 4.78 is 17.5. The van der Waals surface area contributed by atoms with Crippen LogP contribution in [0.3, 0.4) is 0 Å². The van der Waals surface area contributed by atoms with Gasteiger partial charge in [0.1, 0.15) is 0 Å². The molecule has 0 aromatic carbocycles. The van der Waals surface area contributed by atoms with Crippen molar-refractivity contribution in [3.05, 3.63) is 34.9 Å². The van der Waals surface area contributed by atoms with Crippen molar-refractivity contribution in [3.8, 4) is 11.3 Å². The van der Waals surface area contributed by atoms with E-state index in [1.54, 1.807) is 0 Å². The molecule has 5 rings (SSSR count). The van der Waals surface area contributed by atoms with Crippen LogP contribution in [0.4, 0.5) is 10.2 Å². The molecule has 4 N–H and O–H groups in total. The molecule has 2 atom stereocenters. The molecule has 7 nitrogen and oxygen atoms in total. The summed E-state index contributed by atoms with van der Waals surface area (Å²) in [5.41, 5.74) is 9.64. The second-order valence-electron chi connectivity index (χ2n) is 8.64. The lowest BCUT2D eigenvalue weighted by Gasteiger charge is -2.30. The summed E-state index contributed by atoms with van der Waals surface area (Å²) in [6.07, 6.45) is 6.06. The lowest BCUT2D eigenvalue weighted by Crippen LogP contribution is -2.43. The van der Waals surface area contributed by atoms with E-state index in [0.29, 0.717) is 16.8 Å². The molecule has 0 radical (unpaired) electrons. The first kappa shape index (κ1) is 19.5. The third-order valence-corrected chi connectivity index (χ3v) is 6.78. The highest BCUT2D eigenvalue weighted by Crippen LogP contribution is 2.35. The summed E-state index contributed by atoms with van der Waals surface area (Å²) in [6.45, 7) is 6.13. The molecule has 2 aromatic heterocycles. The topological polar surface area (TPSA) is 88.2 Å². The highest BCUT2D eigenvalue weighted by Gasteiger charge is 2.32. The smallest absolute Gasteiger partial charge is 0.254 e. The minimum Gasteiger partial charge on any atom is -0.363 e. The van der Waals surface area contributed by atoms with Gasteiger partial charge in [-0.3, -0.25) is 9.69 Å². The van der Waals surface area contributed by atoms with Crippen LogP contribution in [-0.2, 0) is 19.6 Å². The third-order valence-electron chi connectivity index (χ3n) is 6.78. The van der Waals surface area contributed by atoms with Crippen LogP contribution in [0.5, 0.6) is 0 Å². The number of pyridine rings is 1. The van der Waals surface area contributed by atoms with Crippen LogP contribution in [0.25, 0.3) is 11.3 Å². The molecule has 0 spiro atoms. The molecule has 8 heteroatoms. The second kappa shape index (κ2) is 7.67. The van der Waals surface area contributed by atoms with Gasteiger partial charge in [0.15, 0.2) is 11.6 Å². The summed E-state index contributed by atoms with van der Waals surface area (Å²) in [6, 6.07) is 2.07. The van der Waals surface area contributed by atoms with Crippen LogP contribution >= 0.6 is 0 Å². The summed E-state index contributed by atoms with van der Waals surface area (Å²) >= 11 is 0. The van der Waals surface area contributed by atoms with Gasteiger partial charge in [0, 0.05) is 61.3 Å². The molecule has 3 aliphatic rings. The molecule has 0 bridgehead atoms. The van der Waals surface area contributed by atoms with Gasteiger partial charge in [-0.15, -0.1) is 0 Å². The molecule has 2 aliphatic heterocycles. The summed E-state index contributed by atoms with van der Waals surface area (Å²) in [7, 11) is 0. The minimum absolute atomic E-state index is 0.00271. The number of rotatable bonds is 4. The quantitative estimate of drug-likeness (QED) is 0.718. The zero-order chi connectivity index (χ0) is 20.8. The SMILES string of the molecule is CCN1CCn2cc(-c3nc(NC4CCCCC4N)c(F)c4c3C(=O)NC4)cc2C1. The maximum atomic E-state index is 15.3. The minimum atomic E-state index is -0.439. The fourth-order valence-electron chi connectivity index (χ4n) is 4.95. The van der Waals surface area contributed by atoms with Gasteiger partial charge in [0.25, 0.3) is 5.91 Å². The van der Waals surface area contributed by atoms with Crippen molar-refractivity contribution >= 4 is 11.7 Å². The van der Waals surface area contributed by atoms with E-state index >= 15 is 4.39 Å². The van der Waals surface area contributed by atoms with E-state index in [-0.39, 0.29) is 30.4 Å². The number of halogens is 1. The normalized spacial score (nSPS) is 23.8. The predicted molar refractivity (Wildman–Crippen MR) is 114 cm³/mol. The fraction of sp³-hybridized carbons (Fsp3) is 0.545. The third kappa shape index (κ3) is 3.28. The standard InChI is InChI=1S/C22H29FN6O/c1-2-28-7-8-29-11-13(9-14(29)12-28)20-18-15(10-25-22(18)30)19(23)21(27-20)26-17-6-4-3-5-16(17)24/h9,11,16-17H,2-8,10,12,24H2,1H3,(H,25,30)(H,26,27). The molecule has 160 valence electrons. The number of aromatic nitrogens is 2. The summed E-state index contributed by atoms with van der Waals surface area (Å²) in [4.78, 5) is 19.6. The van der Waals surface area contributed by atoms with E-state index < -0.39 is 5.82 Å². The lowest BCUT2D eigenvalue weighted by atomic mass is 9.91. The Hall–Kier alpha value is -2.45. The van der Waals surface area contributed by atoms with Gasteiger partial charge < -0.3 is 20.9 Å². The first-order valence-corrected chi connectivity index (χ1v) is 11.0. The van der Waals surface area contributed by atoms with Crippen LogP contribution < -0.4 is 16.4 Å². The molecular formula is C22H29FN6O. The number of nitrogens with one attached hydrogen (secondary N) is 2. The average Bonchev–Trinajstić information content (AvgIpc) is 3.35. The highest BCUT2D eigenvalue weighted by atomic mass is 19.1. The molecule has 1 amide bonds. The molecule has 0 saturated heterocycles. The van der Waals surface area contributed by atoms with Crippen LogP contribution in [0.1, 0.15) is 54.2 Å². The predicted octanol–water partition coefficient (Wildman–Crippen LogP) is 2.45. The number of hydrogen-bond acceptors (Lipinski definition) is 5. The number of likely N-dealkylation sites (N-methyl/N-ethyl adjacent to an activating group) is 1. The van der Waals surface area contributed by atoms with Gasteiger partial charge in [-0.1, -0.05) is 19.8 Å². The molecule has 1 saturated carbocycles. The Bertz CT molecular complexity index is 986. The van der Waals surface area contributed by atoms with E-state index in [4.69, 9.17) is 5.73 Å². The highest BCUT2D eigenvalue weighted by molar-refractivity contribution is 6.04. The van der Waals surface area contributed by atoms with Gasteiger partial charge in [-0.05, 0) is 25.5 Å².